The molecule has 0 aromatic carbocycles. The molecule has 2 aromatic rings. The second kappa shape index (κ2) is 7.35. The highest BCUT2D eigenvalue weighted by Gasteiger charge is 2.34. The highest BCUT2D eigenvalue weighted by atomic mass is 16.2. The lowest BCUT2D eigenvalue weighted by Crippen LogP contribution is -2.59. The van der Waals surface area contributed by atoms with Gasteiger partial charge in [0.1, 0.15) is 17.7 Å². The smallest absolute Gasteiger partial charge is 0.243 e. The molecule has 27 heavy (non-hydrogen) atoms. The summed E-state index contributed by atoms with van der Waals surface area (Å²) in [6, 6.07) is 1.67. The summed E-state index contributed by atoms with van der Waals surface area (Å²) in [7, 11) is 0. The van der Waals surface area contributed by atoms with Gasteiger partial charge in [0.2, 0.25) is 11.8 Å². The molecule has 142 valence electrons. The van der Waals surface area contributed by atoms with Crippen molar-refractivity contribution in [1.82, 2.24) is 24.8 Å². The minimum atomic E-state index is -0.418. The lowest BCUT2D eigenvalue weighted by molar-refractivity contribution is -0.145. The van der Waals surface area contributed by atoms with Crippen molar-refractivity contribution in [2.45, 2.75) is 46.6 Å². The standard InChI is InChI=1S/C19H24N6O2/c1-11(2)17-19(27)21-7-8-24(17)16(26)6-5-15-12(3)23-18-14(9-20)10-22-25(18)13(15)4/h10-11,17H,5-8H2,1-4H3,(H,21,27). The number of hydrogen-bond donors (Lipinski definition) is 1. The van der Waals surface area contributed by atoms with Crippen molar-refractivity contribution in [2.24, 2.45) is 5.92 Å². The molecule has 1 aliphatic rings. The first-order valence-corrected chi connectivity index (χ1v) is 9.16. The molecule has 1 atom stereocenters. The van der Waals surface area contributed by atoms with Gasteiger partial charge in [0.25, 0.3) is 0 Å². The average molecular weight is 368 g/mol. The molecule has 0 aliphatic carbocycles. The van der Waals surface area contributed by atoms with E-state index in [1.54, 1.807) is 9.42 Å². The highest BCUT2D eigenvalue weighted by molar-refractivity contribution is 5.89. The molecule has 8 heteroatoms. The van der Waals surface area contributed by atoms with Gasteiger partial charge in [0.15, 0.2) is 5.65 Å². The Bertz CT molecular complexity index is 940. The molecule has 1 N–H and O–H groups in total. The van der Waals surface area contributed by atoms with Gasteiger partial charge in [0.05, 0.1) is 6.20 Å². The van der Waals surface area contributed by atoms with Crippen molar-refractivity contribution in [2.75, 3.05) is 13.1 Å². The summed E-state index contributed by atoms with van der Waals surface area (Å²) in [4.78, 5) is 31.2. The van der Waals surface area contributed by atoms with Gasteiger partial charge in [-0.1, -0.05) is 13.8 Å². The van der Waals surface area contributed by atoms with E-state index in [0.29, 0.717) is 37.1 Å². The molecule has 1 unspecified atom stereocenters. The Hall–Kier alpha value is -2.95. The largest absolute Gasteiger partial charge is 0.353 e. The predicted molar refractivity (Wildman–Crippen MR) is 98.8 cm³/mol. The van der Waals surface area contributed by atoms with Crippen LogP contribution in [0.15, 0.2) is 6.20 Å². The Morgan fingerprint density at radius 2 is 2.19 bits per heavy atom. The van der Waals surface area contributed by atoms with E-state index in [9.17, 15) is 9.59 Å². The van der Waals surface area contributed by atoms with Gasteiger partial charge in [0, 0.05) is 30.9 Å². The Balaban J connectivity index is 1.81. The van der Waals surface area contributed by atoms with E-state index in [4.69, 9.17) is 5.26 Å². The lowest BCUT2D eigenvalue weighted by atomic mass is 9.98. The number of amides is 2. The van der Waals surface area contributed by atoms with Crippen LogP contribution in [0, 0.1) is 31.1 Å². The molecule has 0 saturated carbocycles. The summed E-state index contributed by atoms with van der Waals surface area (Å²) in [5.41, 5.74) is 3.59. The van der Waals surface area contributed by atoms with Crippen molar-refractivity contribution < 1.29 is 9.59 Å². The van der Waals surface area contributed by atoms with Crippen LogP contribution in [0.3, 0.4) is 0 Å². The summed E-state index contributed by atoms with van der Waals surface area (Å²) in [6.45, 7) is 8.73. The monoisotopic (exact) mass is 368 g/mol. The number of nitrogens with one attached hydrogen (secondary N) is 1. The quantitative estimate of drug-likeness (QED) is 0.871. The van der Waals surface area contributed by atoms with Crippen LogP contribution in [-0.4, -0.2) is 50.4 Å². The first-order valence-electron chi connectivity index (χ1n) is 9.16. The molecule has 0 bridgehead atoms. The second-order valence-electron chi connectivity index (χ2n) is 7.23. The van der Waals surface area contributed by atoms with Gasteiger partial charge in [-0.25, -0.2) is 9.50 Å². The van der Waals surface area contributed by atoms with Crippen molar-refractivity contribution in [3.63, 3.8) is 0 Å². The summed E-state index contributed by atoms with van der Waals surface area (Å²) < 4.78 is 1.65. The first kappa shape index (κ1) is 18.8. The molecule has 1 saturated heterocycles. The third-order valence-electron chi connectivity index (χ3n) is 5.13. The fraction of sp³-hybridized carbons (Fsp3) is 0.526. The molecule has 0 spiro atoms. The minimum absolute atomic E-state index is 0.0272. The number of hydrogen-bond acceptors (Lipinski definition) is 5. The summed E-state index contributed by atoms with van der Waals surface area (Å²) in [6.07, 6.45) is 2.32. The molecular formula is C19H24N6O2. The van der Waals surface area contributed by atoms with Crippen LogP contribution in [0.1, 0.15) is 42.8 Å². The van der Waals surface area contributed by atoms with Crippen molar-refractivity contribution in [3.8, 4) is 6.07 Å². The lowest BCUT2D eigenvalue weighted by Gasteiger charge is -2.37. The molecule has 2 amide bonds. The van der Waals surface area contributed by atoms with Gasteiger partial charge < -0.3 is 10.2 Å². The Morgan fingerprint density at radius 1 is 1.44 bits per heavy atom. The van der Waals surface area contributed by atoms with Crippen molar-refractivity contribution >= 4 is 17.5 Å². The van der Waals surface area contributed by atoms with E-state index >= 15 is 0 Å². The summed E-state index contributed by atoms with van der Waals surface area (Å²) >= 11 is 0. The van der Waals surface area contributed by atoms with Gasteiger partial charge in [-0.15, -0.1) is 0 Å². The number of fused-ring (bicyclic) bond motifs is 1. The van der Waals surface area contributed by atoms with Crippen LogP contribution >= 0.6 is 0 Å². The SMILES string of the molecule is Cc1nc2c(C#N)cnn2c(C)c1CCC(=O)N1CCNC(=O)C1C(C)C. The van der Waals surface area contributed by atoms with Crippen molar-refractivity contribution in [3.05, 3.63) is 28.7 Å². The summed E-state index contributed by atoms with van der Waals surface area (Å²) in [5, 5.41) is 16.2. The average Bonchev–Trinajstić information content (AvgIpc) is 3.03. The number of nitrogens with zero attached hydrogens (tertiary/aromatic N) is 5. The van der Waals surface area contributed by atoms with Crippen molar-refractivity contribution in [1.29, 1.82) is 5.26 Å². The highest BCUT2D eigenvalue weighted by Crippen LogP contribution is 2.20. The Labute approximate surface area is 158 Å². The van der Waals surface area contributed by atoms with Crippen LogP contribution in [0.4, 0.5) is 0 Å². The Kier molecular flexibility index (Phi) is 5.13. The molecule has 8 nitrogen and oxygen atoms in total. The molecule has 3 heterocycles. The zero-order chi connectivity index (χ0) is 19.7. The maximum Gasteiger partial charge on any atom is 0.243 e. The number of nitriles is 1. The van der Waals surface area contributed by atoms with Gasteiger partial charge in [-0.05, 0) is 31.7 Å². The fourth-order valence-corrected chi connectivity index (χ4v) is 3.75. The zero-order valence-corrected chi connectivity index (χ0v) is 16.1. The maximum absolute atomic E-state index is 12.8. The van der Waals surface area contributed by atoms with Crippen LogP contribution in [0.2, 0.25) is 0 Å². The van der Waals surface area contributed by atoms with E-state index < -0.39 is 6.04 Å². The van der Waals surface area contributed by atoms with Crippen LogP contribution < -0.4 is 5.32 Å². The number of aromatic nitrogens is 3. The third-order valence-corrected chi connectivity index (χ3v) is 5.13. The van der Waals surface area contributed by atoms with Gasteiger partial charge in [-0.2, -0.15) is 10.4 Å². The molecule has 0 radical (unpaired) electrons. The number of piperazine rings is 1. The summed E-state index contributed by atoms with van der Waals surface area (Å²) in [5.74, 6) is -0.0505. The van der Waals surface area contributed by atoms with E-state index in [1.807, 2.05) is 27.7 Å². The molecule has 1 fully saturated rings. The fourth-order valence-electron chi connectivity index (χ4n) is 3.75. The van der Waals surface area contributed by atoms with Crippen LogP contribution in [-0.2, 0) is 16.0 Å². The van der Waals surface area contributed by atoms with E-state index in [0.717, 1.165) is 17.0 Å². The Morgan fingerprint density at radius 3 is 2.85 bits per heavy atom. The van der Waals surface area contributed by atoms with Gasteiger partial charge in [-0.3, -0.25) is 9.59 Å². The number of rotatable bonds is 4. The molecule has 3 rings (SSSR count). The third kappa shape index (κ3) is 3.37. The number of aryl methyl sites for hydroxylation is 2. The van der Waals surface area contributed by atoms with E-state index in [-0.39, 0.29) is 17.7 Å². The number of carbonyl (C=O) groups is 2. The molecular weight excluding hydrogens is 344 g/mol. The predicted octanol–water partition coefficient (Wildman–Crippen LogP) is 1.13. The van der Waals surface area contributed by atoms with Crippen LogP contribution in [0.5, 0.6) is 0 Å². The maximum atomic E-state index is 12.8. The second-order valence-corrected chi connectivity index (χ2v) is 7.23. The first-order chi connectivity index (χ1) is 12.8. The molecule has 2 aromatic heterocycles. The topological polar surface area (TPSA) is 103 Å². The van der Waals surface area contributed by atoms with E-state index in [1.165, 1.54) is 6.20 Å². The zero-order valence-electron chi connectivity index (χ0n) is 16.1. The van der Waals surface area contributed by atoms with Gasteiger partial charge >= 0.3 is 0 Å². The van der Waals surface area contributed by atoms with E-state index in [2.05, 4.69) is 21.5 Å². The molecule has 1 aliphatic heterocycles. The minimum Gasteiger partial charge on any atom is -0.353 e. The van der Waals surface area contributed by atoms with Crippen LogP contribution in [0.25, 0.3) is 5.65 Å². The normalized spacial score (nSPS) is 17.3. The number of carbonyl (C=O) groups excluding carboxylic acids is 2.